The van der Waals surface area contributed by atoms with Gasteiger partial charge in [-0.25, -0.2) is 0 Å². The third kappa shape index (κ3) is 2.56. The summed E-state index contributed by atoms with van der Waals surface area (Å²) in [5.41, 5.74) is 5.86. The summed E-state index contributed by atoms with van der Waals surface area (Å²) in [5.74, 6) is 0.610. The standard InChI is InChI=1S/C12H25N3O/c1-3-14(2)4-5-15-6-7-16-12(10-15)8-11(12)9-13/h11H,3-10,13H2,1-2H3. The molecule has 1 saturated carbocycles. The molecule has 1 aliphatic heterocycles. The number of hydrogen-bond acceptors (Lipinski definition) is 4. The Balaban J connectivity index is 1.75. The summed E-state index contributed by atoms with van der Waals surface area (Å²) in [6, 6.07) is 0. The van der Waals surface area contributed by atoms with E-state index in [1.165, 1.54) is 6.42 Å². The molecule has 2 unspecified atom stereocenters. The van der Waals surface area contributed by atoms with Crippen LogP contribution in [0.2, 0.25) is 0 Å². The highest BCUT2D eigenvalue weighted by Gasteiger charge is 2.56. The van der Waals surface area contributed by atoms with Crippen molar-refractivity contribution in [3.63, 3.8) is 0 Å². The highest BCUT2D eigenvalue weighted by atomic mass is 16.5. The normalized spacial score (nSPS) is 34.9. The topological polar surface area (TPSA) is 41.7 Å². The lowest BCUT2D eigenvalue weighted by atomic mass is 10.2. The Morgan fingerprint density at radius 3 is 3.00 bits per heavy atom. The quantitative estimate of drug-likeness (QED) is 0.717. The van der Waals surface area contributed by atoms with Crippen molar-refractivity contribution in [3.05, 3.63) is 0 Å². The van der Waals surface area contributed by atoms with Crippen molar-refractivity contribution in [2.75, 3.05) is 52.9 Å². The minimum atomic E-state index is 0.137. The second kappa shape index (κ2) is 5.00. The van der Waals surface area contributed by atoms with Crippen LogP contribution in [0, 0.1) is 5.92 Å². The van der Waals surface area contributed by atoms with E-state index in [1.54, 1.807) is 0 Å². The Labute approximate surface area is 98.7 Å². The van der Waals surface area contributed by atoms with E-state index in [0.717, 1.165) is 45.9 Å². The lowest BCUT2D eigenvalue weighted by Crippen LogP contribution is -2.47. The Hall–Kier alpha value is -0.160. The average Bonchev–Trinajstić information content (AvgIpc) is 2.98. The zero-order valence-electron chi connectivity index (χ0n) is 10.6. The summed E-state index contributed by atoms with van der Waals surface area (Å²) in [4.78, 5) is 4.89. The van der Waals surface area contributed by atoms with Gasteiger partial charge >= 0.3 is 0 Å². The summed E-state index contributed by atoms with van der Waals surface area (Å²) in [6.07, 6.45) is 1.17. The van der Waals surface area contributed by atoms with Crippen LogP contribution in [-0.4, -0.2) is 68.3 Å². The van der Waals surface area contributed by atoms with Crippen LogP contribution >= 0.6 is 0 Å². The van der Waals surface area contributed by atoms with Crippen molar-refractivity contribution in [2.45, 2.75) is 18.9 Å². The van der Waals surface area contributed by atoms with Crippen molar-refractivity contribution in [1.82, 2.24) is 9.80 Å². The Kier molecular flexibility index (Phi) is 3.85. The molecule has 0 aromatic carbocycles. The number of hydrogen-bond donors (Lipinski definition) is 1. The van der Waals surface area contributed by atoms with Crippen LogP contribution in [0.1, 0.15) is 13.3 Å². The predicted molar refractivity (Wildman–Crippen MR) is 65.5 cm³/mol. The number of likely N-dealkylation sites (N-methyl/N-ethyl adjacent to an activating group) is 1. The van der Waals surface area contributed by atoms with Crippen LogP contribution in [0.3, 0.4) is 0 Å². The molecule has 0 radical (unpaired) electrons. The fourth-order valence-corrected chi connectivity index (χ4v) is 2.57. The zero-order valence-corrected chi connectivity index (χ0v) is 10.6. The van der Waals surface area contributed by atoms with Crippen molar-refractivity contribution in [3.8, 4) is 0 Å². The molecule has 0 bridgehead atoms. The number of ether oxygens (including phenoxy) is 1. The highest BCUT2D eigenvalue weighted by molar-refractivity contribution is 5.08. The third-order valence-electron chi connectivity index (χ3n) is 4.09. The summed E-state index contributed by atoms with van der Waals surface area (Å²) in [7, 11) is 2.18. The molecule has 1 heterocycles. The van der Waals surface area contributed by atoms with E-state index in [4.69, 9.17) is 10.5 Å². The van der Waals surface area contributed by atoms with Gasteiger partial charge in [-0.2, -0.15) is 0 Å². The van der Waals surface area contributed by atoms with Crippen molar-refractivity contribution in [2.24, 2.45) is 11.7 Å². The first-order valence-corrected chi connectivity index (χ1v) is 6.45. The molecule has 1 saturated heterocycles. The summed E-state index contributed by atoms with van der Waals surface area (Å²) < 4.78 is 5.91. The van der Waals surface area contributed by atoms with Gasteiger partial charge in [-0.15, -0.1) is 0 Å². The fraction of sp³-hybridized carbons (Fsp3) is 1.00. The first-order valence-electron chi connectivity index (χ1n) is 6.45. The maximum absolute atomic E-state index is 5.91. The molecule has 2 atom stereocenters. The molecule has 4 heteroatoms. The number of morpholine rings is 1. The number of nitrogens with zero attached hydrogens (tertiary/aromatic N) is 2. The van der Waals surface area contributed by atoms with Crippen molar-refractivity contribution >= 4 is 0 Å². The molecule has 94 valence electrons. The maximum atomic E-state index is 5.91. The van der Waals surface area contributed by atoms with E-state index in [2.05, 4.69) is 23.8 Å². The van der Waals surface area contributed by atoms with Gasteiger partial charge in [0.05, 0.1) is 12.2 Å². The van der Waals surface area contributed by atoms with Gasteiger partial charge in [0, 0.05) is 32.1 Å². The van der Waals surface area contributed by atoms with Gasteiger partial charge in [0.1, 0.15) is 0 Å². The molecule has 16 heavy (non-hydrogen) atoms. The number of rotatable bonds is 5. The average molecular weight is 227 g/mol. The van der Waals surface area contributed by atoms with Gasteiger partial charge in [0.15, 0.2) is 0 Å². The van der Waals surface area contributed by atoms with E-state index in [-0.39, 0.29) is 5.60 Å². The van der Waals surface area contributed by atoms with E-state index >= 15 is 0 Å². The Bertz CT molecular complexity index is 236. The first kappa shape index (κ1) is 12.3. The van der Waals surface area contributed by atoms with Crippen LogP contribution in [0.5, 0.6) is 0 Å². The van der Waals surface area contributed by atoms with Gasteiger partial charge in [-0.3, -0.25) is 4.90 Å². The second-order valence-corrected chi connectivity index (χ2v) is 5.22. The molecule has 4 nitrogen and oxygen atoms in total. The minimum Gasteiger partial charge on any atom is -0.372 e. The van der Waals surface area contributed by atoms with E-state index in [9.17, 15) is 0 Å². The fourth-order valence-electron chi connectivity index (χ4n) is 2.57. The SMILES string of the molecule is CCN(C)CCN1CCOC2(CC2CN)C1. The molecule has 0 amide bonds. The maximum Gasteiger partial charge on any atom is 0.0854 e. The largest absolute Gasteiger partial charge is 0.372 e. The molecule has 2 rings (SSSR count). The van der Waals surface area contributed by atoms with E-state index in [0.29, 0.717) is 5.92 Å². The van der Waals surface area contributed by atoms with Crippen LogP contribution < -0.4 is 5.73 Å². The molecule has 1 spiro atoms. The zero-order chi connectivity index (χ0) is 11.6. The first-order chi connectivity index (χ1) is 7.70. The van der Waals surface area contributed by atoms with Gasteiger partial charge in [0.25, 0.3) is 0 Å². The van der Waals surface area contributed by atoms with E-state index in [1.807, 2.05) is 0 Å². The van der Waals surface area contributed by atoms with Crippen LogP contribution in [-0.2, 0) is 4.74 Å². The molecule has 2 fully saturated rings. The van der Waals surface area contributed by atoms with Crippen LogP contribution in [0.15, 0.2) is 0 Å². The molecule has 0 aromatic rings. The third-order valence-corrected chi connectivity index (χ3v) is 4.09. The summed E-state index contributed by atoms with van der Waals surface area (Å²) in [5, 5.41) is 0. The molecular weight excluding hydrogens is 202 g/mol. The van der Waals surface area contributed by atoms with Gasteiger partial charge in [-0.05, 0) is 26.6 Å². The number of nitrogens with two attached hydrogens (primary N) is 1. The highest BCUT2D eigenvalue weighted by Crippen LogP contribution is 2.47. The molecule has 0 aromatic heterocycles. The lowest BCUT2D eigenvalue weighted by Gasteiger charge is -2.34. The summed E-state index contributed by atoms with van der Waals surface area (Å²) >= 11 is 0. The predicted octanol–water partition coefficient (Wildman–Crippen LogP) is -0.0123. The molecule has 2 aliphatic rings. The Morgan fingerprint density at radius 1 is 1.56 bits per heavy atom. The second-order valence-electron chi connectivity index (χ2n) is 5.22. The Morgan fingerprint density at radius 2 is 2.38 bits per heavy atom. The summed E-state index contributed by atoms with van der Waals surface area (Å²) in [6.45, 7) is 9.47. The monoisotopic (exact) mass is 227 g/mol. The minimum absolute atomic E-state index is 0.137. The van der Waals surface area contributed by atoms with Crippen molar-refractivity contribution in [1.29, 1.82) is 0 Å². The van der Waals surface area contributed by atoms with Gasteiger partial charge < -0.3 is 15.4 Å². The van der Waals surface area contributed by atoms with Crippen molar-refractivity contribution < 1.29 is 4.74 Å². The lowest BCUT2D eigenvalue weighted by molar-refractivity contribution is -0.0558. The van der Waals surface area contributed by atoms with Gasteiger partial charge in [0.2, 0.25) is 0 Å². The molecule has 2 N–H and O–H groups in total. The smallest absolute Gasteiger partial charge is 0.0854 e. The van der Waals surface area contributed by atoms with Gasteiger partial charge in [-0.1, -0.05) is 6.92 Å². The van der Waals surface area contributed by atoms with Crippen LogP contribution in [0.4, 0.5) is 0 Å². The van der Waals surface area contributed by atoms with Crippen LogP contribution in [0.25, 0.3) is 0 Å². The van der Waals surface area contributed by atoms with E-state index < -0.39 is 0 Å². The molecule has 1 aliphatic carbocycles. The molecular formula is C12H25N3O.